The standard InChI is InChI=1S/C21H28N6OS3/c1-12(2)27-18(16-10-29-14(4)13(16)3)23-26-21(27)30-11-17(28)22-20-25-24-19(31-20)15-8-6-5-7-9-15/h10,12,15H,5-9,11H2,1-4H3,(H,22,25,28). The van der Waals surface area contributed by atoms with E-state index >= 15 is 0 Å². The molecule has 1 fully saturated rings. The summed E-state index contributed by atoms with van der Waals surface area (Å²) in [4.78, 5) is 13.8. The van der Waals surface area contributed by atoms with Crippen molar-refractivity contribution in [1.82, 2.24) is 25.0 Å². The third-order valence-electron chi connectivity index (χ3n) is 5.68. The molecule has 1 aliphatic carbocycles. The van der Waals surface area contributed by atoms with E-state index in [1.807, 2.05) is 0 Å². The summed E-state index contributed by atoms with van der Waals surface area (Å²) in [6.07, 6.45) is 6.17. The Hall–Kier alpha value is -1.78. The predicted molar refractivity (Wildman–Crippen MR) is 128 cm³/mol. The number of nitrogens with zero attached hydrogens (tertiary/aromatic N) is 5. The van der Waals surface area contributed by atoms with Crippen LogP contribution in [0.5, 0.6) is 0 Å². The van der Waals surface area contributed by atoms with Crippen molar-refractivity contribution in [2.24, 2.45) is 0 Å². The molecular formula is C21H28N6OS3. The average Bonchev–Trinajstić information content (AvgIpc) is 3.47. The van der Waals surface area contributed by atoms with Crippen LogP contribution in [0.25, 0.3) is 11.4 Å². The minimum atomic E-state index is -0.0984. The first-order chi connectivity index (χ1) is 14.9. The monoisotopic (exact) mass is 476 g/mol. The molecular weight excluding hydrogens is 448 g/mol. The van der Waals surface area contributed by atoms with Gasteiger partial charge < -0.3 is 0 Å². The highest BCUT2D eigenvalue weighted by Crippen LogP contribution is 2.36. The first-order valence-electron chi connectivity index (χ1n) is 10.7. The molecule has 4 rings (SSSR count). The first kappa shape index (κ1) is 22.4. The van der Waals surface area contributed by atoms with Crippen LogP contribution in [-0.4, -0.2) is 36.6 Å². The number of aromatic nitrogens is 5. The van der Waals surface area contributed by atoms with E-state index in [0.29, 0.717) is 11.0 Å². The van der Waals surface area contributed by atoms with Gasteiger partial charge in [-0.2, -0.15) is 0 Å². The summed E-state index contributed by atoms with van der Waals surface area (Å²) in [6.45, 7) is 8.45. The second-order valence-corrected chi connectivity index (χ2v) is 11.3. The lowest BCUT2D eigenvalue weighted by Crippen LogP contribution is -2.15. The van der Waals surface area contributed by atoms with Gasteiger partial charge in [-0.1, -0.05) is 42.4 Å². The second-order valence-electron chi connectivity index (χ2n) is 8.22. The number of anilines is 1. The SMILES string of the molecule is Cc1scc(-c2nnc(SCC(=O)Nc3nnc(C4CCCCC4)s3)n2C(C)C)c1C. The molecule has 3 aromatic heterocycles. The van der Waals surface area contributed by atoms with Gasteiger partial charge in [-0.3, -0.25) is 14.7 Å². The van der Waals surface area contributed by atoms with Crippen LogP contribution in [0.3, 0.4) is 0 Å². The van der Waals surface area contributed by atoms with Crippen molar-refractivity contribution >= 4 is 45.5 Å². The van der Waals surface area contributed by atoms with Gasteiger partial charge in [-0.05, 0) is 46.1 Å². The van der Waals surface area contributed by atoms with Crippen LogP contribution in [0, 0.1) is 13.8 Å². The number of rotatable bonds is 7. The van der Waals surface area contributed by atoms with Crippen LogP contribution >= 0.6 is 34.4 Å². The van der Waals surface area contributed by atoms with Crippen molar-refractivity contribution in [2.45, 2.75) is 76.9 Å². The number of nitrogens with one attached hydrogen (secondary N) is 1. The second kappa shape index (κ2) is 9.79. The van der Waals surface area contributed by atoms with Crippen molar-refractivity contribution in [2.75, 3.05) is 11.1 Å². The number of amides is 1. The maximum atomic E-state index is 12.5. The molecule has 10 heteroatoms. The molecule has 1 aliphatic rings. The van der Waals surface area contributed by atoms with Gasteiger partial charge in [0.2, 0.25) is 11.0 Å². The number of thiophene rings is 1. The zero-order valence-electron chi connectivity index (χ0n) is 18.3. The Balaban J connectivity index is 1.40. The molecule has 1 N–H and O–H groups in total. The number of hydrogen-bond acceptors (Lipinski definition) is 8. The molecule has 1 amide bonds. The van der Waals surface area contributed by atoms with Crippen LogP contribution in [0.2, 0.25) is 0 Å². The molecule has 3 aromatic rings. The maximum Gasteiger partial charge on any atom is 0.236 e. The lowest BCUT2D eigenvalue weighted by atomic mass is 9.90. The quantitative estimate of drug-likeness (QED) is 0.432. The smallest absolute Gasteiger partial charge is 0.236 e. The van der Waals surface area contributed by atoms with Gasteiger partial charge in [0, 0.05) is 27.8 Å². The van der Waals surface area contributed by atoms with Crippen molar-refractivity contribution in [1.29, 1.82) is 0 Å². The predicted octanol–water partition coefficient (Wildman–Crippen LogP) is 5.83. The Labute approximate surface area is 195 Å². The molecule has 0 unspecified atom stereocenters. The number of aryl methyl sites for hydroxylation is 1. The molecule has 0 radical (unpaired) electrons. The highest BCUT2D eigenvalue weighted by atomic mass is 32.2. The first-order valence-corrected chi connectivity index (χ1v) is 13.4. The zero-order chi connectivity index (χ0) is 22.0. The van der Waals surface area contributed by atoms with E-state index < -0.39 is 0 Å². The minimum absolute atomic E-state index is 0.0984. The van der Waals surface area contributed by atoms with Crippen molar-refractivity contribution in [3.05, 3.63) is 20.8 Å². The molecule has 0 spiro atoms. The van der Waals surface area contributed by atoms with E-state index in [1.165, 1.54) is 65.6 Å². The van der Waals surface area contributed by atoms with Gasteiger partial charge >= 0.3 is 0 Å². The summed E-state index contributed by atoms with van der Waals surface area (Å²) >= 11 is 4.63. The molecule has 31 heavy (non-hydrogen) atoms. The lowest BCUT2D eigenvalue weighted by Gasteiger charge is -2.18. The fourth-order valence-corrected chi connectivity index (χ4v) is 6.50. The van der Waals surface area contributed by atoms with Crippen LogP contribution in [0.15, 0.2) is 10.5 Å². The highest BCUT2D eigenvalue weighted by Gasteiger charge is 2.22. The average molecular weight is 477 g/mol. The Morgan fingerprint density at radius 2 is 1.97 bits per heavy atom. The zero-order valence-corrected chi connectivity index (χ0v) is 20.8. The fourth-order valence-electron chi connectivity index (χ4n) is 3.84. The van der Waals surface area contributed by atoms with E-state index in [2.05, 4.69) is 63.4 Å². The summed E-state index contributed by atoms with van der Waals surface area (Å²) in [5.41, 5.74) is 2.35. The highest BCUT2D eigenvalue weighted by molar-refractivity contribution is 7.99. The molecule has 0 aliphatic heterocycles. The third-order valence-corrected chi connectivity index (χ3v) is 8.64. The van der Waals surface area contributed by atoms with E-state index in [0.717, 1.165) is 21.6 Å². The summed E-state index contributed by atoms with van der Waals surface area (Å²) in [5.74, 6) is 1.52. The minimum Gasteiger partial charge on any atom is -0.300 e. The Morgan fingerprint density at radius 3 is 2.65 bits per heavy atom. The molecule has 0 atom stereocenters. The van der Waals surface area contributed by atoms with Gasteiger partial charge in [0.25, 0.3) is 0 Å². The Morgan fingerprint density at radius 1 is 1.19 bits per heavy atom. The largest absolute Gasteiger partial charge is 0.300 e. The summed E-state index contributed by atoms with van der Waals surface area (Å²) in [7, 11) is 0. The van der Waals surface area contributed by atoms with E-state index in [-0.39, 0.29) is 17.7 Å². The van der Waals surface area contributed by atoms with Crippen molar-refractivity contribution in [3.63, 3.8) is 0 Å². The summed E-state index contributed by atoms with van der Waals surface area (Å²) in [5, 5.41) is 24.8. The molecule has 7 nitrogen and oxygen atoms in total. The number of thioether (sulfide) groups is 1. The van der Waals surface area contributed by atoms with E-state index in [4.69, 9.17) is 0 Å². The molecule has 0 saturated heterocycles. The van der Waals surface area contributed by atoms with E-state index in [9.17, 15) is 4.79 Å². The van der Waals surface area contributed by atoms with Gasteiger partial charge in [-0.25, -0.2) is 0 Å². The number of carbonyl (C=O) groups excluding carboxylic acids is 1. The van der Waals surface area contributed by atoms with Crippen molar-refractivity contribution in [3.8, 4) is 11.4 Å². The molecule has 3 heterocycles. The van der Waals surface area contributed by atoms with Crippen LogP contribution < -0.4 is 5.32 Å². The number of carbonyl (C=O) groups is 1. The third kappa shape index (κ3) is 5.01. The van der Waals surface area contributed by atoms with Gasteiger partial charge in [-0.15, -0.1) is 31.7 Å². The summed E-state index contributed by atoms with van der Waals surface area (Å²) in [6, 6.07) is 0.191. The summed E-state index contributed by atoms with van der Waals surface area (Å²) < 4.78 is 2.11. The molecule has 166 valence electrons. The molecule has 0 aromatic carbocycles. The fraction of sp³-hybridized carbons (Fsp3) is 0.571. The maximum absolute atomic E-state index is 12.5. The Bertz CT molecular complexity index is 1050. The lowest BCUT2D eigenvalue weighted by molar-refractivity contribution is -0.113. The van der Waals surface area contributed by atoms with Gasteiger partial charge in [0.1, 0.15) is 5.01 Å². The van der Waals surface area contributed by atoms with Gasteiger partial charge in [0.15, 0.2) is 11.0 Å². The van der Waals surface area contributed by atoms with Crippen LogP contribution in [0.1, 0.15) is 73.4 Å². The van der Waals surface area contributed by atoms with Gasteiger partial charge in [0.05, 0.1) is 5.75 Å². The Kier molecular flexibility index (Phi) is 7.08. The van der Waals surface area contributed by atoms with Crippen molar-refractivity contribution < 1.29 is 4.79 Å². The van der Waals surface area contributed by atoms with Crippen LogP contribution in [0.4, 0.5) is 5.13 Å². The molecule has 0 bridgehead atoms. The van der Waals surface area contributed by atoms with E-state index in [1.54, 1.807) is 11.3 Å². The topological polar surface area (TPSA) is 85.6 Å². The number of hydrogen-bond donors (Lipinski definition) is 1. The normalized spacial score (nSPS) is 15.0. The molecule has 1 saturated carbocycles. The van der Waals surface area contributed by atoms with Crippen LogP contribution in [-0.2, 0) is 4.79 Å².